The van der Waals surface area contributed by atoms with Gasteiger partial charge in [-0.3, -0.25) is 9.78 Å². The molecule has 3 aromatic rings. The van der Waals surface area contributed by atoms with Gasteiger partial charge in [0.15, 0.2) is 24.0 Å². The largest absolute Gasteiger partial charge is 0.494 e. The number of halogens is 1. The van der Waals surface area contributed by atoms with Gasteiger partial charge < -0.3 is 9.47 Å². The minimum absolute atomic E-state index is 0.0412. The fraction of sp³-hybridized carbons (Fsp3) is 0.227. The van der Waals surface area contributed by atoms with Gasteiger partial charge in [-0.25, -0.2) is 9.18 Å². The Labute approximate surface area is 162 Å². The Bertz CT molecular complexity index is 1060. The quantitative estimate of drug-likeness (QED) is 0.471. The number of rotatable bonds is 6. The monoisotopic (exact) mass is 381 g/mol. The molecule has 0 spiro atoms. The van der Waals surface area contributed by atoms with Crippen molar-refractivity contribution in [1.82, 2.24) is 4.98 Å². The van der Waals surface area contributed by atoms with Crippen LogP contribution in [0.15, 0.2) is 42.5 Å². The summed E-state index contributed by atoms with van der Waals surface area (Å²) in [6.45, 7) is 3.29. The number of Topliss-reactive ketones (excluding diaryl/α,β-unsaturated/α-hetero) is 1. The molecule has 0 bridgehead atoms. The summed E-state index contributed by atoms with van der Waals surface area (Å²) in [6, 6.07) is 11.1. The summed E-state index contributed by atoms with van der Waals surface area (Å²) < 4.78 is 23.9. The molecule has 0 saturated carbocycles. The van der Waals surface area contributed by atoms with E-state index in [0.29, 0.717) is 22.9 Å². The first kappa shape index (κ1) is 19.5. The van der Waals surface area contributed by atoms with Crippen molar-refractivity contribution in [2.75, 3.05) is 13.7 Å². The number of esters is 1. The van der Waals surface area contributed by atoms with E-state index in [1.54, 1.807) is 6.07 Å². The van der Waals surface area contributed by atoms with Crippen LogP contribution in [0, 0.1) is 12.7 Å². The second-order valence-corrected chi connectivity index (χ2v) is 6.28. The Balaban J connectivity index is 1.84. The zero-order chi connectivity index (χ0) is 20.3. The maximum absolute atomic E-state index is 13.8. The number of methoxy groups -OCH3 is 1. The fourth-order valence-electron chi connectivity index (χ4n) is 3.09. The molecule has 1 heterocycles. The first-order chi connectivity index (χ1) is 13.5. The van der Waals surface area contributed by atoms with Crippen molar-refractivity contribution >= 4 is 22.7 Å². The number of hydrogen-bond acceptors (Lipinski definition) is 5. The van der Waals surface area contributed by atoms with Crippen molar-refractivity contribution in [2.45, 2.75) is 20.3 Å². The molecule has 0 amide bonds. The highest BCUT2D eigenvalue weighted by Crippen LogP contribution is 2.24. The van der Waals surface area contributed by atoms with E-state index in [-0.39, 0.29) is 11.3 Å². The van der Waals surface area contributed by atoms with E-state index in [4.69, 9.17) is 9.47 Å². The minimum atomic E-state index is -0.650. The number of carbonyl (C=O) groups is 2. The number of benzene rings is 2. The zero-order valence-corrected chi connectivity index (χ0v) is 15.9. The van der Waals surface area contributed by atoms with Crippen LogP contribution in [0.1, 0.15) is 38.9 Å². The Hall–Kier alpha value is -3.28. The normalized spacial score (nSPS) is 10.7. The van der Waals surface area contributed by atoms with Crippen LogP contribution in [0.4, 0.5) is 4.39 Å². The predicted octanol–water partition coefficient (Wildman–Crippen LogP) is 4.29. The zero-order valence-electron chi connectivity index (χ0n) is 15.9. The predicted molar refractivity (Wildman–Crippen MR) is 103 cm³/mol. The van der Waals surface area contributed by atoms with Gasteiger partial charge in [0, 0.05) is 16.6 Å². The third kappa shape index (κ3) is 3.71. The highest BCUT2D eigenvalue weighted by molar-refractivity contribution is 6.06. The number of hydrogen-bond donors (Lipinski definition) is 0. The van der Waals surface area contributed by atoms with Crippen LogP contribution in [0.25, 0.3) is 10.9 Å². The number of ether oxygens (including phenoxy) is 2. The third-order valence-electron chi connectivity index (χ3n) is 4.58. The number of para-hydroxylation sites is 1. The molecule has 0 unspecified atom stereocenters. The van der Waals surface area contributed by atoms with Crippen LogP contribution < -0.4 is 4.74 Å². The van der Waals surface area contributed by atoms with E-state index in [1.807, 2.05) is 32.0 Å². The molecule has 144 valence electrons. The molecule has 0 atom stereocenters. The van der Waals surface area contributed by atoms with Crippen molar-refractivity contribution in [2.24, 2.45) is 0 Å². The molecule has 0 N–H and O–H groups in total. The molecule has 0 saturated heterocycles. The molecule has 6 heteroatoms. The summed E-state index contributed by atoms with van der Waals surface area (Å²) in [5, 5.41) is 0.671. The van der Waals surface area contributed by atoms with Gasteiger partial charge in [0.25, 0.3) is 0 Å². The topological polar surface area (TPSA) is 65.5 Å². The molecule has 0 aliphatic carbocycles. The first-order valence-corrected chi connectivity index (χ1v) is 8.88. The molecule has 0 fully saturated rings. The first-order valence-electron chi connectivity index (χ1n) is 8.88. The number of ketones is 1. The van der Waals surface area contributed by atoms with E-state index in [9.17, 15) is 14.0 Å². The summed E-state index contributed by atoms with van der Waals surface area (Å²) in [5.41, 5.74) is 2.73. The summed E-state index contributed by atoms with van der Waals surface area (Å²) in [6.07, 6.45) is 0.668. The van der Waals surface area contributed by atoms with E-state index in [1.165, 1.54) is 19.2 Å². The standard InChI is InChI=1S/C22H20FNO4/c1-4-17-13(2)21(15-7-5-6-8-18(15)24-17)22(26)28-12-19(25)14-9-10-20(27-3)16(23)11-14/h5-11H,4,12H2,1-3H3. The lowest BCUT2D eigenvalue weighted by molar-refractivity contribution is 0.0475. The number of nitrogens with zero attached hydrogens (tertiary/aromatic N) is 1. The third-order valence-corrected chi connectivity index (χ3v) is 4.58. The van der Waals surface area contributed by atoms with Crippen molar-refractivity contribution < 1.29 is 23.5 Å². The van der Waals surface area contributed by atoms with Crippen LogP contribution >= 0.6 is 0 Å². The van der Waals surface area contributed by atoms with Gasteiger partial charge >= 0.3 is 5.97 Å². The molecule has 0 radical (unpaired) electrons. The van der Waals surface area contributed by atoms with Crippen LogP contribution in [-0.4, -0.2) is 30.5 Å². The molecule has 28 heavy (non-hydrogen) atoms. The average molecular weight is 381 g/mol. The Morgan fingerprint density at radius 1 is 1.14 bits per heavy atom. The van der Waals surface area contributed by atoms with Gasteiger partial charge in [-0.05, 0) is 43.2 Å². The second kappa shape index (κ2) is 8.17. The molecule has 1 aromatic heterocycles. The number of pyridine rings is 1. The Kier molecular flexibility index (Phi) is 5.68. The van der Waals surface area contributed by atoms with E-state index >= 15 is 0 Å². The lowest BCUT2D eigenvalue weighted by Gasteiger charge is -2.13. The summed E-state index contributed by atoms with van der Waals surface area (Å²) in [5.74, 6) is -1.71. The number of fused-ring (bicyclic) bond motifs is 1. The highest BCUT2D eigenvalue weighted by Gasteiger charge is 2.20. The van der Waals surface area contributed by atoms with Gasteiger partial charge in [0.2, 0.25) is 0 Å². The molecule has 5 nitrogen and oxygen atoms in total. The summed E-state index contributed by atoms with van der Waals surface area (Å²) in [4.78, 5) is 29.6. The fourth-order valence-corrected chi connectivity index (χ4v) is 3.09. The average Bonchev–Trinajstić information content (AvgIpc) is 2.71. The number of carbonyl (C=O) groups excluding carboxylic acids is 2. The minimum Gasteiger partial charge on any atom is -0.494 e. The van der Waals surface area contributed by atoms with Crippen molar-refractivity contribution in [3.05, 3.63) is 70.7 Å². The highest BCUT2D eigenvalue weighted by atomic mass is 19.1. The van der Waals surface area contributed by atoms with Crippen molar-refractivity contribution in [3.8, 4) is 5.75 Å². The molecule has 3 rings (SSSR count). The van der Waals surface area contributed by atoms with Crippen LogP contribution in [0.2, 0.25) is 0 Å². The van der Waals surface area contributed by atoms with E-state index < -0.39 is 24.2 Å². The van der Waals surface area contributed by atoms with E-state index in [2.05, 4.69) is 4.98 Å². The van der Waals surface area contributed by atoms with Gasteiger partial charge in [-0.15, -0.1) is 0 Å². The van der Waals surface area contributed by atoms with Gasteiger partial charge in [0.05, 0.1) is 18.2 Å². The van der Waals surface area contributed by atoms with Gasteiger partial charge in [-0.1, -0.05) is 25.1 Å². The number of aryl methyl sites for hydroxylation is 1. The lowest BCUT2D eigenvalue weighted by atomic mass is 10.0. The van der Waals surface area contributed by atoms with E-state index in [0.717, 1.165) is 17.3 Å². The van der Waals surface area contributed by atoms with Crippen molar-refractivity contribution in [3.63, 3.8) is 0 Å². The summed E-state index contributed by atoms with van der Waals surface area (Å²) >= 11 is 0. The molecule has 2 aromatic carbocycles. The van der Waals surface area contributed by atoms with Crippen LogP contribution in [-0.2, 0) is 11.2 Å². The molecular formula is C22H20FNO4. The Morgan fingerprint density at radius 3 is 2.57 bits per heavy atom. The maximum Gasteiger partial charge on any atom is 0.339 e. The number of aromatic nitrogens is 1. The second-order valence-electron chi connectivity index (χ2n) is 6.28. The molecule has 0 aliphatic rings. The molecule has 0 aliphatic heterocycles. The SMILES string of the molecule is CCc1nc2ccccc2c(C(=O)OCC(=O)c2ccc(OC)c(F)c2)c1C. The summed E-state index contributed by atoms with van der Waals surface area (Å²) in [7, 11) is 1.34. The van der Waals surface area contributed by atoms with Gasteiger partial charge in [0.1, 0.15) is 0 Å². The lowest BCUT2D eigenvalue weighted by Crippen LogP contribution is -2.16. The van der Waals surface area contributed by atoms with Gasteiger partial charge in [-0.2, -0.15) is 0 Å². The van der Waals surface area contributed by atoms with Crippen LogP contribution in [0.5, 0.6) is 5.75 Å². The van der Waals surface area contributed by atoms with Crippen molar-refractivity contribution in [1.29, 1.82) is 0 Å². The molecular weight excluding hydrogens is 361 g/mol. The van der Waals surface area contributed by atoms with Crippen LogP contribution in [0.3, 0.4) is 0 Å². The maximum atomic E-state index is 13.8. The smallest absolute Gasteiger partial charge is 0.339 e. The Morgan fingerprint density at radius 2 is 1.89 bits per heavy atom.